The van der Waals surface area contributed by atoms with E-state index in [0.717, 1.165) is 9.51 Å². The molecule has 0 saturated heterocycles. The molecule has 25 heavy (non-hydrogen) atoms. The normalized spacial score (nSPS) is 10.1. The van der Waals surface area contributed by atoms with Crippen LogP contribution in [0.15, 0.2) is 64.8 Å². The number of phenols is 1. The summed E-state index contributed by atoms with van der Waals surface area (Å²) in [6.45, 7) is 0.273. The topological polar surface area (TPSA) is 71.2 Å². The minimum atomic E-state index is -0.0328. The van der Waals surface area contributed by atoms with Crippen LogP contribution in [0.4, 0.5) is 5.69 Å². The van der Waals surface area contributed by atoms with Crippen molar-refractivity contribution in [1.82, 2.24) is 0 Å². The van der Waals surface area contributed by atoms with Gasteiger partial charge in [-0.25, -0.2) is 0 Å². The lowest BCUT2D eigenvalue weighted by Gasteiger charge is -1.97. The summed E-state index contributed by atoms with van der Waals surface area (Å²) in [5.41, 5.74) is 2.06. The average molecular weight is 391 g/mol. The second-order valence-corrected chi connectivity index (χ2v) is 7.43. The highest BCUT2D eigenvalue weighted by Gasteiger charge is 2.00. The van der Waals surface area contributed by atoms with E-state index in [1.54, 1.807) is 39.9 Å². The van der Waals surface area contributed by atoms with E-state index in [4.69, 9.17) is 17.3 Å². The van der Waals surface area contributed by atoms with Gasteiger partial charge in [-0.3, -0.25) is 4.79 Å². The first-order valence-electron chi connectivity index (χ1n) is 7.03. The van der Waals surface area contributed by atoms with Crippen LogP contribution in [-0.2, 0) is 4.79 Å². The van der Waals surface area contributed by atoms with Crippen molar-refractivity contribution in [3.63, 3.8) is 0 Å². The Labute approximate surface area is 157 Å². The molecule has 1 heterocycles. The van der Waals surface area contributed by atoms with Crippen LogP contribution in [0.5, 0.6) is 11.5 Å². The van der Waals surface area contributed by atoms with Crippen molar-refractivity contribution in [1.29, 1.82) is 0 Å². The zero-order valence-corrected chi connectivity index (χ0v) is 15.6. The second-order valence-electron chi connectivity index (χ2n) is 4.52. The molecule has 5 nitrogen and oxygen atoms in total. The number of nitrogens with zero attached hydrogens (tertiary/aromatic N) is 2. The van der Waals surface area contributed by atoms with E-state index in [1.807, 2.05) is 30.3 Å². The zero-order chi connectivity index (χ0) is 18.1. The summed E-state index contributed by atoms with van der Waals surface area (Å²) in [4.78, 5) is 11.0. The molecule has 2 aromatic carbocycles. The van der Waals surface area contributed by atoms with Gasteiger partial charge in [0.15, 0.2) is 11.5 Å². The zero-order valence-electron chi connectivity index (χ0n) is 13.2. The Kier molecular flexibility index (Phi) is 7.39. The van der Waals surface area contributed by atoms with E-state index in [1.165, 1.54) is 22.6 Å². The molecule has 0 fully saturated rings. The lowest BCUT2D eigenvalue weighted by Crippen LogP contribution is -1.87. The molecule has 3 rings (SSSR count). The van der Waals surface area contributed by atoms with Crippen LogP contribution in [0, 0.1) is 3.82 Å². The molecular weight excluding hydrogens is 376 g/mol. The van der Waals surface area contributed by atoms with Crippen LogP contribution in [0.3, 0.4) is 0 Å². The van der Waals surface area contributed by atoms with E-state index in [9.17, 15) is 4.79 Å². The summed E-state index contributed by atoms with van der Waals surface area (Å²) in [5.74, 6) is 0.145. The van der Waals surface area contributed by atoms with E-state index < -0.39 is 0 Å². The summed E-state index contributed by atoms with van der Waals surface area (Å²) in [6, 6.07) is 16.3. The maximum Gasteiger partial charge on any atom is 0.298 e. The lowest BCUT2D eigenvalue weighted by atomic mass is 10.2. The van der Waals surface area contributed by atoms with Crippen molar-refractivity contribution in [3.8, 4) is 21.9 Å². The van der Waals surface area contributed by atoms with Gasteiger partial charge >= 0.3 is 0 Å². The monoisotopic (exact) mass is 390 g/mol. The van der Waals surface area contributed by atoms with Gasteiger partial charge in [-0.1, -0.05) is 57.2 Å². The molecular formula is C17H14N2O3S3. The summed E-state index contributed by atoms with van der Waals surface area (Å²) >= 11 is 5.10. The minimum Gasteiger partial charge on any atom is -0.504 e. The van der Waals surface area contributed by atoms with Gasteiger partial charge in [-0.15, -0.1) is 0 Å². The standard InChI is InChI=1S/C10H8N2S3.C7H6O3/c1-11-12-8-4-2-7(3-5-8)9-6-10(13)15-14-9;8-5-10-7-4-2-1-3-6(7)9/h2-6H,1H3;1-5,9H. The molecule has 0 amide bonds. The molecule has 0 bridgehead atoms. The number of carbonyl (C=O) groups excluding carboxylic acids is 1. The number of rotatable bonds is 4. The Morgan fingerprint density at radius 3 is 2.40 bits per heavy atom. The third kappa shape index (κ3) is 5.86. The first kappa shape index (κ1) is 18.9. The maximum absolute atomic E-state index is 9.79. The average Bonchev–Trinajstić information content (AvgIpc) is 3.05. The predicted octanol–water partition coefficient (Wildman–Crippen LogP) is 5.85. The van der Waals surface area contributed by atoms with Gasteiger partial charge < -0.3 is 9.84 Å². The number of azo groups is 1. The van der Waals surface area contributed by atoms with Crippen LogP contribution in [-0.4, -0.2) is 18.6 Å². The number of aromatic hydroxyl groups is 1. The van der Waals surface area contributed by atoms with Gasteiger partial charge in [0, 0.05) is 11.9 Å². The SMILES string of the molecule is CN=Nc1ccc(-c2cc(=S)ss2)cc1.O=COc1ccccc1O. The molecule has 0 atom stereocenters. The summed E-state index contributed by atoms with van der Waals surface area (Å²) < 4.78 is 5.34. The van der Waals surface area contributed by atoms with Crippen molar-refractivity contribution in [2.45, 2.75) is 0 Å². The van der Waals surface area contributed by atoms with Gasteiger partial charge in [0.05, 0.1) is 5.69 Å². The minimum absolute atomic E-state index is 0.0328. The van der Waals surface area contributed by atoms with Crippen LogP contribution in [0.1, 0.15) is 0 Å². The third-order valence-corrected chi connectivity index (χ3v) is 5.78. The van der Waals surface area contributed by atoms with E-state index in [-0.39, 0.29) is 18.0 Å². The fourth-order valence-electron chi connectivity index (χ4n) is 1.79. The number of hydrogen-bond acceptors (Lipinski definition) is 8. The first-order valence-corrected chi connectivity index (χ1v) is 9.58. The molecule has 8 heteroatoms. The molecule has 0 aliphatic heterocycles. The molecule has 1 N–H and O–H groups in total. The molecule has 0 spiro atoms. The Bertz CT molecular complexity index is 902. The highest BCUT2D eigenvalue weighted by atomic mass is 32.9. The second kappa shape index (κ2) is 9.77. The third-order valence-electron chi connectivity index (χ3n) is 2.87. The Hall–Kier alpha value is -2.42. The Balaban J connectivity index is 0.000000196. The van der Waals surface area contributed by atoms with Gasteiger partial charge in [0.2, 0.25) is 0 Å². The molecule has 128 valence electrons. The lowest BCUT2D eigenvalue weighted by molar-refractivity contribution is -0.120. The van der Waals surface area contributed by atoms with Crippen molar-refractivity contribution < 1.29 is 14.6 Å². The van der Waals surface area contributed by atoms with Gasteiger partial charge in [0.25, 0.3) is 6.47 Å². The number of hydrogen-bond donors (Lipinski definition) is 1. The largest absolute Gasteiger partial charge is 0.504 e. The van der Waals surface area contributed by atoms with Gasteiger partial charge in [-0.2, -0.15) is 10.2 Å². The summed E-state index contributed by atoms with van der Waals surface area (Å²) in [6.07, 6.45) is 0. The highest BCUT2D eigenvalue weighted by Crippen LogP contribution is 2.30. The van der Waals surface area contributed by atoms with Crippen LogP contribution >= 0.6 is 32.9 Å². The summed E-state index contributed by atoms with van der Waals surface area (Å²) in [5, 5.41) is 16.6. The molecule has 0 aliphatic carbocycles. The van der Waals surface area contributed by atoms with Crippen molar-refractivity contribution in [2.24, 2.45) is 10.2 Å². The number of phenolic OH excluding ortho intramolecular Hbond substituents is 1. The number of benzene rings is 2. The fraction of sp³-hybridized carbons (Fsp3) is 0.0588. The van der Waals surface area contributed by atoms with E-state index in [0.29, 0.717) is 0 Å². The number of ether oxygens (including phenoxy) is 1. The quantitative estimate of drug-likeness (QED) is 0.263. The van der Waals surface area contributed by atoms with Crippen molar-refractivity contribution in [2.75, 3.05) is 7.05 Å². The first-order chi connectivity index (χ1) is 12.1. The maximum atomic E-state index is 9.79. The fourth-order valence-corrected chi connectivity index (χ4v) is 4.19. The Morgan fingerprint density at radius 2 is 1.84 bits per heavy atom. The highest BCUT2D eigenvalue weighted by molar-refractivity contribution is 7.80. The van der Waals surface area contributed by atoms with Crippen LogP contribution < -0.4 is 4.74 Å². The molecule has 0 radical (unpaired) electrons. The predicted molar refractivity (Wildman–Crippen MR) is 104 cm³/mol. The molecule has 3 aromatic rings. The van der Waals surface area contributed by atoms with E-state index >= 15 is 0 Å². The van der Waals surface area contributed by atoms with Gasteiger partial charge in [0.1, 0.15) is 3.82 Å². The van der Waals surface area contributed by atoms with Crippen LogP contribution in [0.25, 0.3) is 10.4 Å². The summed E-state index contributed by atoms with van der Waals surface area (Å²) in [7, 11) is 5.00. The van der Waals surface area contributed by atoms with Gasteiger partial charge in [-0.05, 0) is 35.9 Å². The smallest absolute Gasteiger partial charge is 0.298 e. The Morgan fingerprint density at radius 1 is 1.12 bits per heavy atom. The van der Waals surface area contributed by atoms with Crippen LogP contribution in [0.2, 0.25) is 0 Å². The molecule has 0 saturated carbocycles. The molecule has 1 aromatic heterocycles. The molecule has 0 aliphatic rings. The molecule has 0 unspecified atom stereocenters. The number of para-hydroxylation sites is 2. The van der Waals surface area contributed by atoms with Crippen molar-refractivity contribution in [3.05, 3.63) is 58.4 Å². The number of carbonyl (C=O) groups is 1. The van der Waals surface area contributed by atoms with Crippen molar-refractivity contribution >= 4 is 45.1 Å². The van der Waals surface area contributed by atoms with E-state index in [2.05, 4.69) is 15.0 Å².